The molecule has 108 valence electrons. The molecule has 1 aromatic rings. The minimum Gasteiger partial charge on any atom is -0.350 e. The van der Waals surface area contributed by atoms with Crippen LogP contribution in [-0.2, 0) is 9.57 Å². The largest absolute Gasteiger partial charge is 0.350 e. The van der Waals surface area contributed by atoms with Gasteiger partial charge in [-0.1, -0.05) is 0 Å². The maximum atomic E-state index is 11.9. The molecule has 0 aliphatic carbocycles. The molecule has 1 unspecified atom stereocenters. The lowest BCUT2D eigenvalue weighted by atomic mass is 10.2. The van der Waals surface area contributed by atoms with Crippen molar-refractivity contribution in [1.29, 1.82) is 0 Å². The third-order valence-electron chi connectivity index (χ3n) is 2.83. The van der Waals surface area contributed by atoms with Gasteiger partial charge in [0.15, 0.2) is 6.29 Å². The number of amides is 1. The Hall–Kier alpha value is -1.26. The molecule has 7 nitrogen and oxygen atoms in total. The van der Waals surface area contributed by atoms with Gasteiger partial charge in [-0.3, -0.25) is 14.9 Å². The number of halogens is 1. The van der Waals surface area contributed by atoms with Gasteiger partial charge in [-0.05, 0) is 41.5 Å². The average Bonchev–Trinajstić information content (AvgIpc) is 2.45. The number of carbonyl (C=O) groups excluding carboxylic acids is 1. The Morgan fingerprint density at radius 1 is 1.50 bits per heavy atom. The molecule has 0 spiro atoms. The molecule has 0 bridgehead atoms. The summed E-state index contributed by atoms with van der Waals surface area (Å²) >= 11 is 1.88. The summed E-state index contributed by atoms with van der Waals surface area (Å²) in [6.45, 7) is 0.621. The van der Waals surface area contributed by atoms with E-state index in [9.17, 15) is 14.9 Å². The Morgan fingerprint density at radius 2 is 2.30 bits per heavy atom. The highest BCUT2D eigenvalue weighted by molar-refractivity contribution is 14.1. The van der Waals surface area contributed by atoms with Gasteiger partial charge < -0.3 is 4.74 Å². The van der Waals surface area contributed by atoms with E-state index in [0.717, 1.165) is 19.3 Å². The number of nitrogens with one attached hydrogen (secondary N) is 1. The summed E-state index contributed by atoms with van der Waals surface area (Å²) in [5.41, 5.74) is 2.59. The van der Waals surface area contributed by atoms with Crippen LogP contribution < -0.4 is 5.48 Å². The number of nitro benzene ring substituents is 1. The van der Waals surface area contributed by atoms with Crippen LogP contribution in [0.2, 0.25) is 0 Å². The van der Waals surface area contributed by atoms with Gasteiger partial charge in [0.2, 0.25) is 0 Å². The Balaban J connectivity index is 1.96. The van der Waals surface area contributed by atoms with E-state index in [0.29, 0.717) is 15.7 Å². The van der Waals surface area contributed by atoms with Crippen molar-refractivity contribution in [2.45, 2.75) is 25.6 Å². The van der Waals surface area contributed by atoms with Crippen LogP contribution in [0.3, 0.4) is 0 Å². The lowest BCUT2D eigenvalue weighted by molar-refractivity contribution is -0.384. The van der Waals surface area contributed by atoms with Gasteiger partial charge >= 0.3 is 0 Å². The van der Waals surface area contributed by atoms with Crippen LogP contribution in [0, 0.1) is 13.7 Å². The van der Waals surface area contributed by atoms with E-state index >= 15 is 0 Å². The molecule has 0 saturated carbocycles. The molecule has 1 aliphatic heterocycles. The molecule has 1 aliphatic rings. The first kappa shape index (κ1) is 15.1. The second-order valence-electron chi connectivity index (χ2n) is 4.27. The van der Waals surface area contributed by atoms with Gasteiger partial charge in [-0.15, -0.1) is 0 Å². The van der Waals surface area contributed by atoms with Crippen molar-refractivity contribution in [3.8, 4) is 0 Å². The van der Waals surface area contributed by atoms with Crippen LogP contribution in [-0.4, -0.2) is 23.7 Å². The average molecular weight is 392 g/mol. The number of non-ortho nitro benzene ring substituents is 1. The Morgan fingerprint density at radius 3 is 2.90 bits per heavy atom. The van der Waals surface area contributed by atoms with E-state index < -0.39 is 17.1 Å². The zero-order chi connectivity index (χ0) is 14.5. The third kappa shape index (κ3) is 3.87. The van der Waals surface area contributed by atoms with Crippen LogP contribution >= 0.6 is 22.6 Å². The fraction of sp³-hybridized carbons (Fsp3) is 0.417. The SMILES string of the molecule is O=C(NOC1CCCCO1)c1ccc([N+](=O)[O-])cc1I. The predicted octanol–water partition coefficient (Wildman–Crippen LogP) is 2.39. The first-order valence-electron chi connectivity index (χ1n) is 6.09. The molecular weight excluding hydrogens is 379 g/mol. The third-order valence-corrected chi connectivity index (χ3v) is 3.72. The lowest BCUT2D eigenvalue weighted by Gasteiger charge is -2.22. The first-order chi connectivity index (χ1) is 9.58. The molecule has 8 heteroatoms. The topological polar surface area (TPSA) is 90.7 Å². The molecule has 0 radical (unpaired) electrons. The summed E-state index contributed by atoms with van der Waals surface area (Å²) in [6.07, 6.45) is 2.30. The van der Waals surface area contributed by atoms with Crippen molar-refractivity contribution in [2.75, 3.05) is 6.61 Å². The predicted molar refractivity (Wildman–Crippen MR) is 78.0 cm³/mol. The van der Waals surface area contributed by atoms with E-state index in [-0.39, 0.29) is 5.69 Å². The summed E-state index contributed by atoms with van der Waals surface area (Å²) in [5, 5.41) is 10.6. The number of carbonyl (C=O) groups is 1. The number of nitro groups is 1. The van der Waals surface area contributed by atoms with Crippen molar-refractivity contribution in [3.05, 3.63) is 37.4 Å². The van der Waals surface area contributed by atoms with E-state index in [4.69, 9.17) is 9.57 Å². The fourth-order valence-corrected chi connectivity index (χ4v) is 2.52. The molecule has 1 aromatic carbocycles. The van der Waals surface area contributed by atoms with E-state index in [2.05, 4.69) is 5.48 Å². The smallest absolute Gasteiger partial charge is 0.276 e. The van der Waals surface area contributed by atoms with Crippen LogP contribution in [0.1, 0.15) is 29.6 Å². The van der Waals surface area contributed by atoms with Crippen molar-refractivity contribution in [2.24, 2.45) is 0 Å². The summed E-state index contributed by atoms with van der Waals surface area (Å²) in [6, 6.07) is 4.03. The van der Waals surface area contributed by atoms with Crippen LogP contribution in [0.4, 0.5) is 5.69 Å². The molecule has 1 amide bonds. The molecule has 1 atom stereocenters. The number of ether oxygens (including phenoxy) is 1. The molecule has 1 fully saturated rings. The van der Waals surface area contributed by atoms with Gasteiger partial charge in [0, 0.05) is 28.7 Å². The van der Waals surface area contributed by atoms with Crippen LogP contribution in [0.15, 0.2) is 18.2 Å². The standard InChI is InChI=1S/C12H13IN2O5/c13-10-7-8(15(17)18)4-5-9(10)12(16)14-20-11-3-1-2-6-19-11/h4-5,7,11H,1-3,6H2,(H,14,16). The van der Waals surface area contributed by atoms with Crippen LogP contribution in [0.25, 0.3) is 0 Å². The van der Waals surface area contributed by atoms with Gasteiger partial charge in [-0.25, -0.2) is 10.3 Å². The van der Waals surface area contributed by atoms with Crippen molar-refractivity contribution in [3.63, 3.8) is 0 Å². The van der Waals surface area contributed by atoms with E-state index in [1.54, 1.807) is 0 Å². The molecule has 2 rings (SSSR count). The number of nitrogens with zero attached hydrogens (tertiary/aromatic N) is 1. The highest BCUT2D eigenvalue weighted by Crippen LogP contribution is 2.20. The molecule has 1 N–H and O–H groups in total. The zero-order valence-electron chi connectivity index (χ0n) is 10.5. The second-order valence-corrected chi connectivity index (χ2v) is 5.43. The minimum absolute atomic E-state index is 0.0533. The summed E-state index contributed by atoms with van der Waals surface area (Å²) in [5.74, 6) is -0.446. The minimum atomic E-state index is -0.504. The molecule has 0 aromatic heterocycles. The molecule has 1 saturated heterocycles. The van der Waals surface area contributed by atoms with E-state index in [1.807, 2.05) is 22.6 Å². The van der Waals surface area contributed by atoms with Crippen molar-refractivity contribution < 1.29 is 19.3 Å². The monoisotopic (exact) mass is 392 g/mol. The quantitative estimate of drug-likeness (QED) is 0.483. The molecule has 20 heavy (non-hydrogen) atoms. The number of hydrogen-bond acceptors (Lipinski definition) is 5. The van der Waals surface area contributed by atoms with E-state index in [1.165, 1.54) is 18.2 Å². The second kappa shape index (κ2) is 6.95. The highest BCUT2D eigenvalue weighted by Gasteiger charge is 2.18. The highest BCUT2D eigenvalue weighted by atomic mass is 127. The maximum absolute atomic E-state index is 11.9. The summed E-state index contributed by atoms with van der Waals surface area (Å²) < 4.78 is 5.81. The van der Waals surface area contributed by atoms with Crippen molar-refractivity contribution >= 4 is 34.2 Å². The van der Waals surface area contributed by atoms with Gasteiger partial charge in [0.1, 0.15) is 0 Å². The maximum Gasteiger partial charge on any atom is 0.276 e. The molecule has 1 heterocycles. The zero-order valence-corrected chi connectivity index (χ0v) is 12.7. The summed E-state index contributed by atoms with van der Waals surface area (Å²) in [7, 11) is 0. The van der Waals surface area contributed by atoms with Gasteiger partial charge in [-0.2, -0.15) is 0 Å². The van der Waals surface area contributed by atoms with Crippen LogP contribution in [0.5, 0.6) is 0 Å². The fourth-order valence-electron chi connectivity index (χ4n) is 1.78. The number of rotatable bonds is 4. The van der Waals surface area contributed by atoms with Crippen molar-refractivity contribution in [1.82, 2.24) is 5.48 Å². The van der Waals surface area contributed by atoms with Gasteiger partial charge in [0.05, 0.1) is 10.5 Å². The number of benzene rings is 1. The Kier molecular flexibility index (Phi) is 5.26. The number of hydroxylamine groups is 1. The Labute approximate surface area is 128 Å². The number of hydrogen-bond donors (Lipinski definition) is 1. The Bertz CT molecular complexity index is 517. The summed E-state index contributed by atoms with van der Waals surface area (Å²) in [4.78, 5) is 27.2. The van der Waals surface area contributed by atoms with Gasteiger partial charge in [0.25, 0.3) is 11.6 Å². The lowest BCUT2D eigenvalue weighted by Crippen LogP contribution is -2.33. The molecular formula is C12H13IN2O5. The normalized spacial score (nSPS) is 18.6. The first-order valence-corrected chi connectivity index (χ1v) is 7.17.